The van der Waals surface area contributed by atoms with E-state index < -0.39 is 0 Å². The number of aryl methyl sites for hydroxylation is 2. The standard InChI is InChI=1S/C25H31NO2S/c1-16-4-3-5-17(2)23(16)28-13-21-9-22(29-14-21)24(27)26-15-25-10-18-6-19(11-25)8-20(7-18)12-25/h3-5,9,14,18-20H,6-8,10-13,15H2,1-2H3,(H,26,27). The molecule has 0 atom stereocenters. The van der Waals surface area contributed by atoms with Crippen LogP contribution in [0.3, 0.4) is 0 Å². The smallest absolute Gasteiger partial charge is 0.261 e. The summed E-state index contributed by atoms with van der Waals surface area (Å²) < 4.78 is 6.05. The van der Waals surface area contributed by atoms with Crippen LogP contribution < -0.4 is 10.1 Å². The first-order chi connectivity index (χ1) is 14.0. The molecule has 0 saturated heterocycles. The molecule has 4 aliphatic rings. The minimum Gasteiger partial charge on any atom is -0.488 e. The van der Waals surface area contributed by atoms with E-state index in [1.807, 2.05) is 17.5 Å². The van der Waals surface area contributed by atoms with Crippen molar-refractivity contribution in [2.24, 2.45) is 23.2 Å². The minimum absolute atomic E-state index is 0.0871. The van der Waals surface area contributed by atoms with Crippen molar-refractivity contribution in [3.05, 3.63) is 51.2 Å². The molecule has 0 spiro atoms. The largest absolute Gasteiger partial charge is 0.488 e. The number of para-hydroxylation sites is 1. The summed E-state index contributed by atoms with van der Waals surface area (Å²) in [5.74, 6) is 3.81. The quantitative estimate of drug-likeness (QED) is 0.646. The molecule has 1 amide bonds. The number of carbonyl (C=O) groups excluding carboxylic acids is 1. The number of benzene rings is 1. The molecule has 0 radical (unpaired) electrons. The average molecular weight is 410 g/mol. The summed E-state index contributed by atoms with van der Waals surface area (Å²) >= 11 is 1.53. The van der Waals surface area contributed by atoms with Gasteiger partial charge >= 0.3 is 0 Å². The van der Waals surface area contributed by atoms with Gasteiger partial charge in [-0.1, -0.05) is 18.2 Å². The Kier molecular flexibility index (Phi) is 4.93. The number of thiophene rings is 1. The van der Waals surface area contributed by atoms with Crippen molar-refractivity contribution in [2.45, 2.75) is 59.0 Å². The van der Waals surface area contributed by atoms with Gasteiger partial charge in [0.25, 0.3) is 5.91 Å². The summed E-state index contributed by atoms with van der Waals surface area (Å²) in [7, 11) is 0. The molecule has 0 unspecified atom stereocenters. The third kappa shape index (κ3) is 3.84. The number of carbonyl (C=O) groups is 1. The molecule has 154 valence electrons. The normalized spacial score (nSPS) is 29.8. The summed E-state index contributed by atoms with van der Waals surface area (Å²) in [5, 5.41) is 5.34. The topological polar surface area (TPSA) is 38.3 Å². The lowest BCUT2D eigenvalue weighted by Crippen LogP contribution is -2.51. The first-order valence-corrected chi connectivity index (χ1v) is 11.9. The second kappa shape index (κ2) is 7.46. The highest BCUT2D eigenvalue weighted by Gasteiger charge is 2.50. The van der Waals surface area contributed by atoms with Gasteiger partial charge < -0.3 is 10.1 Å². The maximum Gasteiger partial charge on any atom is 0.261 e. The predicted molar refractivity (Wildman–Crippen MR) is 118 cm³/mol. The molecule has 29 heavy (non-hydrogen) atoms. The molecular formula is C25H31NO2S. The SMILES string of the molecule is Cc1cccc(C)c1OCc1csc(C(=O)NCC23CC4CC(CC(C4)C2)C3)c1. The molecule has 4 heteroatoms. The van der Waals surface area contributed by atoms with E-state index in [0.29, 0.717) is 12.0 Å². The van der Waals surface area contributed by atoms with Crippen LogP contribution >= 0.6 is 11.3 Å². The van der Waals surface area contributed by atoms with Crippen molar-refractivity contribution >= 4 is 17.2 Å². The summed E-state index contributed by atoms with van der Waals surface area (Å²) in [6.07, 6.45) is 8.33. The third-order valence-corrected chi connectivity index (χ3v) is 8.44. The molecule has 4 saturated carbocycles. The van der Waals surface area contributed by atoms with Gasteiger partial charge in [-0.05, 0) is 98.1 Å². The zero-order valence-electron chi connectivity index (χ0n) is 17.5. The van der Waals surface area contributed by atoms with Gasteiger partial charge in [-0.15, -0.1) is 11.3 Å². The molecular weight excluding hydrogens is 378 g/mol. The highest BCUT2D eigenvalue weighted by Crippen LogP contribution is 2.59. The molecule has 1 heterocycles. The molecule has 4 bridgehead atoms. The van der Waals surface area contributed by atoms with E-state index in [2.05, 4.69) is 31.3 Å². The Hall–Kier alpha value is -1.81. The van der Waals surface area contributed by atoms with Crippen molar-refractivity contribution in [1.29, 1.82) is 0 Å². The summed E-state index contributed by atoms with van der Waals surface area (Å²) in [5.41, 5.74) is 3.75. The van der Waals surface area contributed by atoms with Crippen molar-refractivity contribution in [3.8, 4) is 5.75 Å². The Morgan fingerprint density at radius 3 is 2.34 bits per heavy atom. The van der Waals surface area contributed by atoms with Crippen molar-refractivity contribution in [1.82, 2.24) is 5.32 Å². The zero-order valence-corrected chi connectivity index (χ0v) is 18.3. The van der Waals surface area contributed by atoms with Crippen LogP contribution in [0.1, 0.15) is 64.9 Å². The van der Waals surface area contributed by atoms with E-state index in [-0.39, 0.29) is 5.91 Å². The Balaban J connectivity index is 1.18. The Morgan fingerprint density at radius 1 is 1.10 bits per heavy atom. The zero-order chi connectivity index (χ0) is 20.0. The second-order valence-electron chi connectivity index (χ2n) is 9.93. The van der Waals surface area contributed by atoms with Crippen molar-refractivity contribution in [3.63, 3.8) is 0 Å². The molecule has 1 aromatic carbocycles. The van der Waals surface area contributed by atoms with Gasteiger partial charge in [-0.25, -0.2) is 0 Å². The number of amides is 1. The van der Waals surface area contributed by atoms with Crippen LogP contribution in [0.25, 0.3) is 0 Å². The van der Waals surface area contributed by atoms with Gasteiger partial charge in [-0.2, -0.15) is 0 Å². The summed E-state index contributed by atoms with van der Waals surface area (Å²) in [6, 6.07) is 8.18. The van der Waals surface area contributed by atoms with E-state index in [4.69, 9.17) is 4.74 Å². The van der Waals surface area contributed by atoms with Gasteiger partial charge in [0.2, 0.25) is 0 Å². The first-order valence-electron chi connectivity index (χ1n) is 11.0. The molecule has 4 fully saturated rings. The van der Waals surface area contributed by atoms with Crippen LogP contribution in [0.2, 0.25) is 0 Å². The maximum absolute atomic E-state index is 12.8. The van der Waals surface area contributed by atoms with E-state index in [1.54, 1.807) is 0 Å². The average Bonchev–Trinajstić information content (AvgIpc) is 3.14. The highest BCUT2D eigenvalue weighted by atomic mass is 32.1. The molecule has 1 N–H and O–H groups in total. The highest BCUT2D eigenvalue weighted by molar-refractivity contribution is 7.12. The predicted octanol–water partition coefficient (Wildman–Crippen LogP) is 5.89. The maximum atomic E-state index is 12.8. The molecule has 1 aromatic heterocycles. The number of hydrogen-bond donors (Lipinski definition) is 1. The fourth-order valence-corrected chi connectivity index (χ4v) is 7.43. The Bertz CT molecular complexity index is 860. The molecule has 3 nitrogen and oxygen atoms in total. The van der Waals surface area contributed by atoms with Crippen LogP contribution in [-0.2, 0) is 6.61 Å². The van der Waals surface area contributed by atoms with Crippen molar-refractivity contribution in [2.75, 3.05) is 6.54 Å². The van der Waals surface area contributed by atoms with E-state index in [1.165, 1.54) is 49.9 Å². The summed E-state index contributed by atoms with van der Waals surface area (Å²) in [4.78, 5) is 13.6. The number of nitrogens with one attached hydrogen (secondary N) is 1. The monoisotopic (exact) mass is 409 g/mol. The number of hydrogen-bond acceptors (Lipinski definition) is 3. The first kappa shape index (κ1) is 19.2. The van der Waals surface area contributed by atoms with Gasteiger partial charge in [0, 0.05) is 12.1 Å². The second-order valence-corrected chi connectivity index (χ2v) is 10.8. The van der Waals surface area contributed by atoms with Gasteiger partial charge in [-0.3, -0.25) is 4.79 Å². The van der Waals surface area contributed by atoms with Gasteiger partial charge in [0.1, 0.15) is 12.4 Å². The molecule has 6 rings (SSSR count). The lowest BCUT2D eigenvalue weighted by Gasteiger charge is -2.56. The van der Waals surface area contributed by atoms with E-state index in [9.17, 15) is 4.79 Å². The van der Waals surface area contributed by atoms with Gasteiger partial charge in [0.05, 0.1) is 4.88 Å². The molecule has 4 aliphatic carbocycles. The third-order valence-electron chi connectivity index (χ3n) is 7.46. The molecule has 2 aromatic rings. The van der Waals surface area contributed by atoms with E-state index >= 15 is 0 Å². The fourth-order valence-electron chi connectivity index (χ4n) is 6.61. The van der Waals surface area contributed by atoms with Crippen LogP contribution in [-0.4, -0.2) is 12.5 Å². The van der Waals surface area contributed by atoms with Gasteiger partial charge in [0.15, 0.2) is 0 Å². The minimum atomic E-state index is 0.0871. The van der Waals surface area contributed by atoms with E-state index in [0.717, 1.165) is 51.6 Å². The Labute approximate surface area is 177 Å². The molecule has 0 aliphatic heterocycles. The Morgan fingerprint density at radius 2 is 1.72 bits per heavy atom. The van der Waals surface area contributed by atoms with Crippen LogP contribution in [0.5, 0.6) is 5.75 Å². The number of ether oxygens (including phenoxy) is 1. The lowest BCUT2D eigenvalue weighted by atomic mass is 9.49. The lowest BCUT2D eigenvalue weighted by molar-refractivity contribution is -0.0503. The van der Waals surface area contributed by atoms with Crippen LogP contribution in [0, 0.1) is 37.0 Å². The van der Waals surface area contributed by atoms with Crippen LogP contribution in [0.15, 0.2) is 29.6 Å². The van der Waals surface area contributed by atoms with Crippen LogP contribution in [0.4, 0.5) is 0 Å². The fraction of sp³-hybridized carbons (Fsp3) is 0.560. The number of rotatable bonds is 6. The summed E-state index contributed by atoms with van der Waals surface area (Å²) in [6.45, 7) is 5.50. The van der Waals surface area contributed by atoms with Crippen molar-refractivity contribution < 1.29 is 9.53 Å².